The molecule has 7 heteroatoms. The van der Waals surface area contributed by atoms with Crippen LogP contribution in [0.4, 0.5) is 5.95 Å². The second kappa shape index (κ2) is 5.55. The average Bonchev–Trinajstić information content (AvgIpc) is 2.36. The molecule has 0 unspecified atom stereocenters. The number of nitrogens with zero attached hydrogens (tertiary/aromatic N) is 2. The normalized spacial score (nSPS) is 11.2. The number of nitrogens with one attached hydrogen (secondary N) is 1. The fourth-order valence-electron chi connectivity index (χ4n) is 1.22. The maximum Gasteiger partial charge on any atom is 0.354 e. The van der Waals surface area contributed by atoms with Crippen LogP contribution in [0.15, 0.2) is 12.3 Å². The Labute approximate surface area is 98.2 Å². The van der Waals surface area contributed by atoms with Crippen molar-refractivity contribution in [1.29, 1.82) is 0 Å². The summed E-state index contributed by atoms with van der Waals surface area (Å²) in [6.07, 6.45) is 1.74. The molecule has 0 aromatic carbocycles. The van der Waals surface area contributed by atoms with Crippen LogP contribution in [-0.4, -0.2) is 50.0 Å². The van der Waals surface area contributed by atoms with E-state index in [0.29, 0.717) is 6.42 Å². The molecule has 17 heavy (non-hydrogen) atoms. The zero-order valence-electron chi connectivity index (χ0n) is 9.42. The number of carboxylic acids is 1. The summed E-state index contributed by atoms with van der Waals surface area (Å²) in [5.74, 6) is -1.10. The number of carbonyl (C=O) groups is 1. The van der Waals surface area contributed by atoms with Gasteiger partial charge in [-0.05, 0) is 12.5 Å². The predicted molar refractivity (Wildman–Crippen MR) is 59.8 cm³/mol. The summed E-state index contributed by atoms with van der Waals surface area (Å²) in [6.45, 7) is 1.17. The Morgan fingerprint density at radius 3 is 2.59 bits per heavy atom. The van der Waals surface area contributed by atoms with Crippen molar-refractivity contribution >= 4 is 11.9 Å². The number of aromatic nitrogens is 2. The van der Waals surface area contributed by atoms with Gasteiger partial charge in [-0.25, -0.2) is 14.8 Å². The molecule has 0 aliphatic rings. The van der Waals surface area contributed by atoms with Gasteiger partial charge in [0.25, 0.3) is 0 Å². The van der Waals surface area contributed by atoms with Crippen molar-refractivity contribution in [2.75, 3.05) is 18.5 Å². The highest BCUT2D eigenvalue weighted by Gasteiger charge is 2.27. The third-order valence-corrected chi connectivity index (χ3v) is 2.53. The summed E-state index contributed by atoms with van der Waals surface area (Å²) in [5, 5.41) is 30.0. The fraction of sp³-hybridized carbons (Fsp3) is 0.500. The molecule has 0 aliphatic heterocycles. The second-order valence-electron chi connectivity index (χ2n) is 3.65. The number of carboxylic acid groups (broad SMARTS) is 1. The molecule has 4 N–H and O–H groups in total. The molecule has 0 amide bonds. The van der Waals surface area contributed by atoms with Crippen molar-refractivity contribution in [3.8, 4) is 0 Å². The van der Waals surface area contributed by atoms with Crippen molar-refractivity contribution in [2.45, 2.75) is 18.9 Å². The number of aromatic carboxylic acids is 1. The van der Waals surface area contributed by atoms with Crippen molar-refractivity contribution in [3.63, 3.8) is 0 Å². The van der Waals surface area contributed by atoms with E-state index in [0.717, 1.165) is 0 Å². The predicted octanol–water partition coefficient (Wildman–Crippen LogP) is -0.280. The highest BCUT2D eigenvalue weighted by atomic mass is 16.4. The first kappa shape index (κ1) is 13.3. The van der Waals surface area contributed by atoms with Gasteiger partial charge in [-0.1, -0.05) is 6.92 Å². The molecule has 0 saturated carbocycles. The molecule has 0 fully saturated rings. The molecule has 0 radical (unpaired) electrons. The van der Waals surface area contributed by atoms with E-state index in [1.807, 2.05) is 0 Å². The van der Waals surface area contributed by atoms with Gasteiger partial charge in [-0.15, -0.1) is 0 Å². The number of hydrogen-bond donors (Lipinski definition) is 4. The van der Waals surface area contributed by atoms with Crippen LogP contribution in [0.2, 0.25) is 0 Å². The van der Waals surface area contributed by atoms with Gasteiger partial charge in [-0.2, -0.15) is 0 Å². The lowest BCUT2D eigenvalue weighted by Crippen LogP contribution is -2.45. The number of anilines is 1. The maximum absolute atomic E-state index is 10.7. The van der Waals surface area contributed by atoms with E-state index in [2.05, 4.69) is 15.3 Å². The van der Waals surface area contributed by atoms with E-state index >= 15 is 0 Å². The second-order valence-corrected chi connectivity index (χ2v) is 3.65. The van der Waals surface area contributed by atoms with Gasteiger partial charge in [-0.3, -0.25) is 0 Å². The van der Waals surface area contributed by atoms with Gasteiger partial charge in [0, 0.05) is 6.20 Å². The molecule has 0 atom stereocenters. The molecule has 0 bridgehead atoms. The quantitative estimate of drug-likeness (QED) is 0.541. The molecule has 1 aromatic heterocycles. The molecular formula is C10H15N3O4. The summed E-state index contributed by atoms with van der Waals surface area (Å²) < 4.78 is 0. The summed E-state index contributed by atoms with van der Waals surface area (Å²) in [5.41, 5.74) is -1.10. The topological polar surface area (TPSA) is 116 Å². The Bertz CT molecular complexity index is 385. The standard InChI is InChI=1S/C10H15N3O4/c1-2-10(5-14,6-15)13-9-11-4-3-7(12-9)8(16)17/h3-4,14-15H,2,5-6H2,1H3,(H,16,17)(H,11,12,13). The molecule has 94 valence electrons. The minimum absolute atomic E-state index is 0.0647. The fourth-order valence-corrected chi connectivity index (χ4v) is 1.22. The van der Waals surface area contributed by atoms with Crippen LogP contribution >= 0.6 is 0 Å². The zero-order valence-corrected chi connectivity index (χ0v) is 9.42. The number of aliphatic hydroxyl groups is 2. The third-order valence-electron chi connectivity index (χ3n) is 2.53. The van der Waals surface area contributed by atoms with Crippen LogP contribution in [0.1, 0.15) is 23.8 Å². The summed E-state index contributed by atoms with van der Waals surface area (Å²) in [4.78, 5) is 18.3. The molecule has 1 rings (SSSR count). The lowest BCUT2D eigenvalue weighted by molar-refractivity contribution is 0.0690. The van der Waals surface area contributed by atoms with Gasteiger partial charge < -0.3 is 20.6 Å². The summed E-state index contributed by atoms with van der Waals surface area (Å²) >= 11 is 0. The molecule has 1 heterocycles. The SMILES string of the molecule is CCC(CO)(CO)Nc1nccc(C(=O)O)n1. The van der Waals surface area contributed by atoms with Gasteiger partial charge in [0.05, 0.1) is 18.8 Å². The summed E-state index contributed by atoms with van der Waals surface area (Å²) in [6, 6.07) is 1.26. The highest BCUT2D eigenvalue weighted by Crippen LogP contribution is 2.15. The highest BCUT2D eigenvalue weighted by molar-refractivity contribution is 5.85. The molecule has 7 nitrogen and oxygen atoms in total. The van der Waals surface area contributed by atoms with Gasteiger partial charge in [0.1, 0.15) is 0 Å². The number of aliphatic hydroxyl groups excluding tert-OH is 2. The number of rotatable bonds is 6. The van der Waals surface area contributed by atoms with E-state index in [4.69, 9.17) is 5.11 Å². The largest absolute Gasteiger partial charge is 0.477 e. The minimum atomic E-state index is -1.16. The van der Waals surface area contributed by atoms with Gasteiger partial charge in [0.2, 0.25) is 5.95 Å². The minimum Gasteiger partial charge on any atom is -0.477 e. The Kier molecular flexibility index (Phi) is 4.36. The maximum atomic E-state index is 10.7. The van der Waals surface area contributed by atoms with Crippen LogP contribution in [0.25, 0.3) is 0 Å². The number of hydrogen-bond acceptors (Lipinski definition) is 6. The Balaban J connectivity index is 2.93. The van der Waals surface area contributed by atoms with E-state index in [9.17, 15) is 15.0 Å². The lowest BCUT2D eigenvalue weighted by Gasteiger charge is -2.29. The average molecular weight is 241 g/mol. The van der Waals surface area contributed by atoms with Crippen molar-refractivity contribution in [3.05, 3.63) is 18.0 Å². The first-order chi connectivity index (χ1) is 8.06. The van der Waals surface area contributed by atoms with Crippen LogP contribution in [0, 0.1) is 0 Å². The Hall–Kier alpha value is -1.73. The van der Waals surface area contributed by atoms with Crippen LogP contribution in [0.5, 0.6) is 0 Å². The van der Waals surface area contributed by atoms with Crippen molar-refractivity contribution in [2.24, 2.45) is 0 Å². The molecular weight excluding hydrogens is 226 g/mol. The van der Waals surface area contributed by atoms with Crippen molar-refractivity contribution < 1.29 is 20.1 Å². The van der Waals surface area contributed by atoms with Gasteiger partial charge >= 0.3 is 5.97 Å². The van der Waals surface area contributed by atoms with E-state index in [-0.39, 0.29) is 24.9 Å². The molecule has 0 spiro atoms. The lowest BCUT2D eigenvalue weighted by atomic mass is 9.99. The van der Waals surface area contributed by atoms with E-state index < -0.39 is 11.5 Å². The Morgan fingerprint density at radius 2 is 2.12 bits per heavy atom. The zero-order chi connectivity index (χ0) is 12.9. The van der Waals surface area contributed by atoms with Crippen LogP contribution < -0.4 is 5.32 Å². The van der Waals surface area contributed by atoms with Crippen molar-refractivity contribution in [1.82, 2.24) is 9.97 Å². The van der Waals surface area contributed by atoms with E-state index in [1.54, 1.807) is 6.92 Å². The summed E-state index contributed by atoms with van der Waals surface area (Å²) in [7, 11) is 0. The smallest absolute Gasteiger partial charge is 0.354 e. The first-order valence-electron chi connectivity index (χ1n) is 5.13. The van der Waals surface area contributed by atoms with Gasteiger partial charge in [0.15, 0.2) is 5.69 Å². The Morgan fingerprint density at radius 1 is 1.47 bits per heavy atom. The third kappa shape index (κ3) is 3.11. The monoisotopic (exact) mass is 241 g/mol. The van der Waals surface area contributed by atoms with Crippen LogP contribution in [0.3, 0.4) is 0 Å². The molecule has 0 aliphatic carbocycles. The molecule has 1 aromatic rings. The molecule has 0 saturated heterocycles. The van der Waals surface area contributed by atoms with Crippen LogP contribution in [-0.2, 0) is 0 Å². The first-order valence-corrected chi connectivity index (χ1v) is 5.13. The van der Waals surface area contributed by atoms with E-state index in [1.165, 1.54) is 12.3 Å².